The van der Waals surface area contributed by atoms with Crippen molar-refractivity contribution in [3.63, 3.8) is 0 Å². The second kappa shape index (κ2) is 10.8. The number of hydrogen-bond donors (Lipinski definition) is 0. The van der Waals surface area contributed by atoms with E-state index in [-0.39, 0.29) is 5.41 Å². The summed E-state index contributed by atoms with van der Waals surface area (Å²) in [4.78, 5) is 11.8. The number of halogens is 3. The molecule has 2 nitrogen and oxygen atoms in total. The Morgan fingerprint density at radius 3 is 2.49 bits per heavy atom. The summed E-state index contributed by atoms with van der Waals surface area (Å²) in [6.07, 6.45) is 14.4. The second-order valence-electron chi connectivity index (χ2n) is 12.8. The Labute approximate surface area is 210 Å². The van der Waals surface area contributed by atoms with Crippen LogP contribution < -0.4 is 0 Å². The molecule has 4 rings (SSSR count). The molecule has 0 saturated heterocycles. The van der Waals surface area contributed by atoms with E-state index in [4.69, 9.17) is 4.74 Å². The van der Waals surface area contributed by atoms with Crippen molar-refractivity contribution in [3.05, 3.63) is 11.6 Å². The van der Waals surface area contributed by atoms with E-state index in [1.54, 1.807) is 0 Å². The van der Waals surface area contributed by atoms with Gasteiger partial charge in [0.05, 0.1) is 0 Å². The van der Waals surface area contributed by atoms with E-state index in [2.05, 4.69) is 26.8 Å². The van der Waals surface area contributed by atoms with E-state index < -0.39 is 24.7 Å². The van der Waals surface area contributed by atoms with E-state index in [0.717, 1.165) is 30.6 Å². The van der Waals surface area contributed by atoms with E-state index in [0.29, 0.717) is 24.2 Å². The van der Waals surface area contributed by atoms with E-state index in [1.807, 2.05) is 0 Å². The number of ether oxygens (including phenoxy) is 1. The lowest BCUT2D eigenvalue weighted by atomic mass is 9.47. The summed E-state index contributed by atoms with van der Waals surface area (Å²) < 4.78 is 42.9. The highest BCUT2D eigenvalue weighted by atomic mass is 19.4. The monoisotopic (exact) mass is 496 g/mol. The van der Waals surface area contributed by atoms with Crippen molar-refractivity contribution in [3.8, 4) is 0 Å². The van der Waals surface area contributed by atoms with Crippen LogP contribution in [0.1, 0.15) is 124 Å². The third-order valence-corrected chi connectivity index (χ3v) is 10.8. The number of carbonyl (C=O) groups is 1. The van der Waals surface area contributed by atoms with Crippen LogP contribution in [-0.4, -0.2) is 18.2 Å². The molecule has 200 valence electrons. The van der Waals surface area contributed by atoms with Gasteiger partial charge in [0.2, 0.25) is 0 Å². The summed E-state index contributed by atoms with van der Waals surface area (Å²) in [7, 11) is 0. The predicted molar refractivity (Wildman–Crippen MR) is 134 cm³/mol. The van der Waals surface area contributed by atoms with Crippen LogP contribution in [0.5, 0.6) is 0 Å². The molecule has 3 fully saturated rings. The van der Waals surface area contributed by atoms with Gasteiger partial charge in [-0.25, -0.2) is 0 Å². The first-order valence-corrected chi connectivity index (χ1v) is 14.5. The van der Waals surface area contributed by atoms with Gasteiger partial charge < -0.3 is 4.74 Å². The number of esters is 1. The lowest BCUT2D eigenvalue weighted by molar-refractivity contribution is -0.176. The van der Waals surface area contributed by atoms with Gasteiger partial charge in [-0.05, 0) is 85.9 Å². The van der Waals surface area contributed by atoms with Crippen LogP contribution in [0.15, 0.2) is 11.6 Å². The highest BCUT2D eigenvalue weighted by Gasteiger charge is 2.58. The zero-order valence-electron chi connectivity index (χ0n) is 22.2. The van der Waals surface area contributed by atoms with Gasteiger partial charge in [-0.3, -0.25) is 4.79 Å². The Morgan fingerprint density at radius 1 is 1.00 bits per heavy atom. The SMILES string of the molecule is CCCCCCCC[C@@H]1CC[C@@H]2[C@@H]3CC=C4C[C@@H](OC(=O)CC(F)(F)F)CC[C@]4(C)[C@H]3CC[C@]12C. The van der Waals surface area contributed by atoms with Gasteiger partial charge in [0.15, 0.2) is 0 Å². The van der Waals surface area contributed by atoms with Gasteiger partial charge in [0.25, 0.3) is 0 Å². The Hall–Kier alpha value is -1.00. The molecule has 0 aromatic carbocycles. The van der Waals surface area contributed by atoms with Crippen LogP contribution in [0.3, 0.4) is 0 Å². The summed E-state index contributed by atoms with van der Waals surface area (Å²) in [5, 5.41) is 0. The maximum absolute atomic E-state index is 12.6. The fourth-order valence-electron chi connectivity index (χ4n) is 8.87. The summed E-state index contributed by atoms with van der Waals surface area (Å²) in [5.74, 6) is 1.96. The van der Waals surface area contributed by atoms with Crippen LogP contribution >= 0.6 is 0 Å². The highest BCUT2D eigenvalue weighted by molar-refractivity contribution is 5.70. The molecule has 3 saturated carbocycles. The molecule has 0 amide bonds. The minimum absolute atomic E-state index is 0.120. The first-order chi connectivity index (χ1) is 16.6. The predicted octanol–water partition coefficient (Wildman–Crippen LogP) is 9.18. The van der Waals surface area contributed by atoms with Gasteiger partial charge in [-0.2, -0.15) is 13.2 Å². The Kier molecular flexibility index (Phi) is 8.33. The molecule has 0 radical (unpaired) electrons. The van der Waals surface area contributed by atoms with Crippen LogP contribution in [0.4, 0.5) is 13.2 Å². The van der Waals surface area contributed by atoms with E-state index in [1.165, 1.54) is 76.2 Å². The van der Waals surface area contributed by atoms with E-state index >= 15 is 0 Å². The van der Waals surface area contributed by atoms with Crippen LogP contribution in [0.2, 0.25) is 0 Å². The Balaban J connectivity index is 1.36. The van der Waals surface area contributed by atoms with Crippen molar-refractivity contribution in [1.29, 1.82) is 0 Å². The zero-order valence-corrected chi connectivity index (χ0v) is 22.2. The molecular weight excluding hydrogens is 449 g/mol. The van der Waals surface area contributed by atoms with Gasteiger partial charge in [-0.15, -0.1) is 0 Å². The number of allylic oxidation sites excluding steroid dienone is 1. The molecule has 0 spiro atoms. The van der Waals surface area contributed by atoms with Crippen LogP contribution in [0.25, 0.3) is 0 Å². The molecule has 0 aromatic rings. The standard InChI is InChI=1S/C30H47F3O2/c1-4-5-6-7-8-9-10-21-12-14-25-24-13-11-22-19-23(35-27(34)20-30(31,32)33)15-17-29(22,3)26(24)16-18-28(21,25)2/h11,21,23-26H,4-10,12-20H2,1-3H3/t21-,23+,24+,25-,26+,28-,29+/m1/s1. The first-order valence-electron chi connectivity index (χ1n) is 14.5. The third-order valence-electron chi connectivity index (χ3n) is 10.8. The topological polar surface area (TPSA) is 26.3 Å². The third kappa shape index (κ3) is 5.79. The molecule has 0 heterocycles. The molecule has 0 N–H and O–H groups in total. The van der Waals surface area contributed by atoms with Gasteiger partial charge in [0, 0.05) is 6.42 Å². The van der Waals surface area contributed by atoms with E-state index in [9.17, 15) is 18.0 Å². The fourth-order valence-corrected chi connectivity index (χ4v) is 8.87. The quantitative estimate of drug-likeness (QED) is 0.181. The second-order valence-corrected chi connectivity index (χ2v) is 12.8. The average Bonchev–Trinajstić information content (AvgIpc) is 3.11. The van der Waals surface area contributed by atoms with Crippen molar-refractivity contribution in [2.75, 3.05) is 0 Å². The molecule has 5 heteroatoms. The maximum atomic E-state index is 12.6. The van der Waals surface area contributed by atoms with Gasteiger partial charge in [0.1, 0.15) is 12.5 Å². The molecule has 7 atom stereocenters. The minimum Gasteiger partial charge on any atom is -0.462 e. The summed E-state index contributed by atoms with van der Waals surface area (Å²) in [6.45, 7) is 7.27. The van der Waals surface area contributed by atoms with Crippen molar-refractivity contribution in [1.82, 2.24) is 0 Å². The molecule has 4 aliphatic rings. The number of alkyl halides is 3. The summed E-state index contributed by atoms with van der Waals surface area (Å²) in [6, 6.07) is 0. The van der Waals surface area contributed by atoms with Crippen molar-refractivity contribution in [2.24, 2.45) is 34.5 Å². The highest BCUT2D eigenvalue weighted by Crippen LogP contribution is 2.66. The normalized spacial score (nSPS) is 38.8. The molecule has 0 aliphatic heterocycles. The summed E-state index contributed by atoms with van der Waals surface area (Å²) >= 11 is 0. The number of carbonyl (C=O) groups excluding carboxylic acids is 1. The van der Waals surface area contributed by atoms with Crippen molar-refractivity contribution < 1.29 is 22.7 Å². The number of rotatable bonds is 9. The largest absolute Gasteiger partial charge is 0.462 e. The lowest BCUT2D eigenvalue weighted by Gasteiger charge is -2.58. The van der Waals surface area contributed by atoms with Gasteiger partial charge in [-0.1, -0.05) is 70.9 Å². The van der Waals surface area contributed by atoms with Crippen molar-refractivity contribution in [2.45, 2.75) is 136 Å². The number of unbranched alkanes of at least 4 members (excludes halogenated alkanes) is 5. The van der Waals surface area contributed by atoms with Crippen molar-refractivity contribution >= 4 is 5.97 Å². The fraction of sp³-hybridized carbons (Fsp3) is 0.900. The van der Waals surface area contributed by atoms with Crippen LogP contribution in [0, 0.1) is 34.5 Å². The average molecular weight is 497 g/mol. The Bertz CT molecular complexity index is 774. The molecule has 4 aliphatic carbocycles. The lowest BCUT2D eigenvalue weighted by Crippen LogP contribution is -2.50. The number of fused-ring (bicyclic) bond motifs is 5. The molecule has 0 unspecified atom stereocenters. The molecule has 0 aromatic heterocycles. The smallest absolute Gasteiger partial charge is 0.399 e. The zero-order chi connectivity index (χ0) is 25.3. The van der Waals surface area contributed by atoms with Crippen LogP contribution in [-0.2, 0) is 9.53 Å². The molecule has 35 heavy (non-hydrogen) atoms. The Morgan fingerprint density at radius 2 is 1.74 bits per heavy atom. The number of hydrogen-bond acceptors (Lipinski definition) is 2. The molecular formula is C30H47F3O2. The minimum atomic E-state index is -4.50. The molecule has 0 bridgehead atoms. The maximum Gasteiger partial charge on any atom is 0.399 e. The summed E-state index contributed by atoms with van der Waals surface area (Å²) in [5.41, 5.74) is 1.95. The van der Waals surface area contributed by atoms with Gasteiger partial charge >= 0.3 is 12.1 Å². The first kappa shape index (κ1) is 27.0.